The van der Waals surface area contributed by atoms with Gasteiger partial charge in [-0.3, -0.25) is 5.10 Å². The summed E-state index contributed by atoms with van der Waals surface area (Å²) in [7, 11) is 0. The highest BCUT2D eigenvalue weighted by Crippen LogP contribution is 2.14. The van der Waals surface area contributed by atoms with Crippen molar-refractivity contribution >= 4 is 6.08 Å². The Morgan fingerprint density at radius 1 is 1.54 bits per heavy atom. The molecule has 0 aromatic carbocycles. The van der Waals surface area contributed by atoms with E-state index >= 15 is 0 Å². The van der Waals surface area contributed by atoms with Gasteiger partial charge in [-0.05, 0) is 24.4 Å². The third-order valence-corrected chi connectivity index (χ3v) is 1.50. The van der Waals surface area contributed by atoms with Crippen molar-refractivity contribution in [2.75, 3.05) is 0 Å². The largest absolute Gasteiger partial charge is 0.461 e. The number of aromatic nitrogens is 3. The van der Waals surface area contributed by atoms with Gasteiger partial charge in [-0.1, -0.05) is 0 Å². The molecule has 0 spiro atoms. The summed E-state index contributed by atoms with van der Waals surface area (Å²) in [5.41, 5.74) is 5.20. The molecule has 0 atom stereocenters. The van der Waals surface area contributed by atoms with Gasteiger partial charge in [0.15, 0.2) is 5.76 Å². The van der Waals surface area contributed by atoms with E-state index in [2.05, 4.69) is 15.2 Å². The third kappa shape index (κ3) is 1.44. The maximum absolute atomic E-state index is 5.20. The van der Waals surface area contributed by atoms with E-state index in [0.717, 1.165) is 0 Å². The first kappa shape index (κ1) is 7.60. The maximum Gasteiger partial charge on any atom is 0.217 e. The van der Waals surface area contributed by atoms with Crippen LogP contribution in [0.4, 0.5) is 0 Å². The van der Waals surface area contributed by atoms with Gasteiger partial charge in [-0.15, -0.1) is 5.10 Å². The topological polar surface area (TPSA) is 80.7 Å². The number of rotatable bonds is 2. The fourth-order valence-corrected chi connectivity index (χ4v) is 0.956. The molecule has 0 unspecified atom stereocenters. The standard InChI is InChI=1S/C8H8N4O/c9-4-3-7-10-8(12-11-7)6-2-1-5-13-6/h1-5H,9H2,(H,10,11,12)/b4-3-. The van der Waals surface area contributed by atoms with E-state index in [0.29, 0.717) is 17.4 Å². The molecule has 2 aromatic rings. The lowest BCUT2D eigenvalue weighted by molar-refractivity contribution is 0.577. The van der Waals surface area contributed by atoms with Gasteiger partial charge in [0.05, 0.1) is 6.26 Å². The Balaban J connectivity index is 2.33. The zero-order valence-electron chi connectivity index (χ0n) is 6.77. The van der Waals surface area contributed by atoms with Gasteiger partial charge >= 0.3 is 0 Å². The fourth-order valence-electron chi connectivity index (χ4n) is 0.956. The van der Waals surface area contributed by atoms with E-state index in [-0.39, 0.29) is 0 Å². The number of hydrogen-bond donors (Lipinski definition) is 2. The molecule has 5 nitrogen and oxygen atoms in total. The van der Waals surface area contributed by atoms with Gasteiger partial charge in [0, 0.05) is 0 Å². The number of nitrogens with zero attached hydrogens (tertiary/aromatic N) is 2. The lowest BCUT2D eigenvalue weighted by atomic mass is 10.4. The van der Waals surface area contributed by atoms with Crippen molar-refractivity contribution in [3.05, 3.63) is 30.4 Å². The minimum Gasteiger partial charge on any atom is -0.461 e. The van der Waals surface area contributed by atoms with E-state index in [1.54, 1.807) is 24.5 Å². The quantitative estimate of drug-likeness (QED) is 0.715. The Hall–Kier alpha value is -2.04. The van der Waals surface area contributed by atoms with E-state index in [1.807, 2.05) is 0 Å². The van der Waals surface area contributed by atoms with Gasteiger partial charge in [-0.2, -0.15) is 0 Å². The SMILES string of the molecule is N/C=C\c1nc(-c2ccco2)n[nH]1. The van der Waals surface area contributed by atoms with Gasteiger partial charge in [-0.25, -0.2) is 4.98 Å². The Labute approximate surface area is 74.3 Å². The Bertz CT molecular complexity index is 401. The van der Waals surface area contributed by atoms with Crippen molar-refractivity contribution in [2.45, 2.75) is 0 Å². The first-order chi connectivity index (χ1) is 6.40. The van der Waals surface area contributed by atoms with Crippen molar-refractivity contribution in [3.8, 4) is 11.6 Å². The van der Waals surface area contributed by atoms with Crippen LogP contribution >= 0.6 is 0 Å². The molecule has 2 rings (SSSR count). The summed E-state index contributed by atoms with van der Waals surface area (Å²) in [6.07, 6.45) is 4.59. The van der Waals surface area contributed by atoms with Crippen LogP contribution in [0.5, 0.6) is 0 Å². The van der Waals surface area contributed by atoms with E-state index in [1.165, 1.54) is 6.20 Å². The molecule has 0 aliphatic carbocycles. The van der Waals surface area contributed by atoms with Crippen LogP contribution in [0.15, 0.2) is 29.0 Å². The minimum atomic E-state index is 0.526. The highest BCUT2D eigenvalue weighted by atomic mass is 16.3. The van der Waals surface area contributed by atoms with E-state index in [4.69, 9.17) is 10.2 Å². The molecule has 66 valence electrons. The van der Waals surface area contributed by atoms with Crippen LogP contribution in [0.3, 0.4) is 0 Å². The number of nitrogens with two attached hydrogens (primary N) is 1. The maximum atomic E-state index is 5.20. The summed E-state index contributed by atoms with van der Waals surface area (Å²) in [4.78, 5) is 4.12. The monoisotopic (exact) mass is 176 g/mol. The summed E-state index contributed by atoms with van der Waals surface area (Å²) < 4.78 is 5.11. The van der Waals surface area contributed by atoms with Crippen molar-refractivity contribution < 1.29 is 4.42 Å². The van der Waals surface area contributed by atoms with Crippen LogP contribution < -0.4 is 5.73 Å². The number of aromatic amines is 1. The molecule has 0 saturated carbocycles. The number of furan rings is 1. The third-order valence-electron chi connectivity index (χ3n) is 1.50. The van der Waals surface area contributed by atoms with E-state index < -0.39 is 0 Å². The van der Waals surface area contributed by atoms with Crippen molar-refractivity contribution in [2.24, 2.45) is 5.73 Å². The highest BCUT2D eigenvalue weighted by Gasteiger charge is 2.05. The Morgan fingerprint density at radius 3 is 3.15 bits per heavy atom. The van der Waals surface area contributed by atoms with Crippen molar-refractivity contribution in [3.63, 3.8) is 0 Å². The average molecular weight is 176 g/mol. The number of H-pyrrole nitrogens is 1. The molecule has 0 saturated heterocycles. The van der Waals surface area contributed by atoms with Crippen LogP contribution in [0, 0.1) is 0 Å². The minimum absolute atomic E-state index is 0.526. The van der Waals surface area contributed by atoms with Gasteiger partial charge in [0.25, 0.3) is 0 Å². The first-order valence-electron chi connectivity index (χ1n) is 3.74. The van der Waals surface area contributed by atoms with Crippen LogP contribution in [0.2, 0.25) is 0 Å². The summed E-state index contributed by atoms with van der Waals surface area (Å²) >= 11 is 0. The predicted molar refractivity (Wildman–Crippen MR) is 47.3 cm³/mol. The summed E-state index contributed by atoms with van der Waals surface area (Å²) in [6.45, 7) is 0. The molecule has 13 heavy (non-hydrogen) atoms. The predicted octanol–water partition coefficient (Wildman–Crippen LogP) is 0.994. The molecule has 2 heterocycles. The van der Waals surface area contributed by atoms with Crippen molar-refractivity contribution in [1.29, 1.82) is 0 Å². The Morgan fingerprint density at radius 2 is 2.46 bits per heavy atom. The molecule has 0 fully saturated rings. The molecular weight excluding hydrogens is 168 g/mol. The second-order valence-corrected chi connectivity index (χ2v) is 2.38. The molecule has 2 aromatic heterocycles. The molecule has 0 amide bonds. The summed E-state index contributed by atoms with van der Waals surface area (Å²) in [5.74, 6) is 1.76. The highest BCUT2D eigenvalue weighted by molar-refractivity contribution is 5.49. The normalized spacial score (nSPS) is 11.1. The van der Waals surface area contributed by atoms with E-state index in [9.17, 15) is 0 Å². The van der Waals surface area contributed by atoms with Gasteiger partial charge in [0.2, 0.25) is 5.82 Å². The second-order valence-electron chi connectivity index (χ2n) is 2.38. The zero-order chi connectivity index (χ0) is 9.10. The molecule has 0 aliphatic rings. The lowest BCUT2D eigenvalue weighted by Gasteiger charge is -1.83. The van der Waals surface area contributed by atoms with Crippen LogP contribution in [0.25, 0.3) is 17.7 Å². The smallest absolute Gasteiger partial charge is 0.217 e. The Kier molecular flexibility index (Phi) is 1.84. The fraction of sp³-hybridized carbons (Fsp3) is 0. The second kappa shape index (κ2) is 3.14. The van der Waals surface area contributed by atoms with Crippen LogP contribution in [-0.2, 0) is 0 Å². The molecule has 5 heteroatoms. The van der Waals surface area contributed by atoms with Gasteiger partial charge in [0.1, 0.15) is 5.82 Å². The molecule has 0 bridgehead atoms. The zero-order valence-corrected chi connectivity index (χ0v) is 6.77. The molecule has 0 aliphatic heterocycles. The number of hydrogen-bond acceptors (Lipinski definition) is 4. The van der Waals surface area contributed by atoms with Crippen molar-refractivity contribution in [1.82, 2.24) is 15.2 Å². The van der Waals surface area contributed by atoms with Crippen LogP contribution in [-0.4, -0.2) is 15.2 Å². The number of nitrogens with one attached hydrogen (secondary N) is 1. The molecular formula is C8H8N4O. The first-order valence-corrected chi connectivity index (χ1v) is 3.74. The van der Waals surface area contributed by atoms with Gasteiger partial charge < -0.3 is 10.2 Å². The summed E-state index contributed by atoms with van der Waals surface area (Å²) in [6, 6.07) is 3.57. The summed E-state index contributed by atoms with van der Waals surface area (Å²) in [5, 5.41) is 6.65. The molecule has 3 N–H and O–H groups in total. The molecule has 0 radical (unpaired) electrons. The van der Waals surface area contributed by atoms with Crippen LogP contribution in [0.1, 0.15) is 5.82 Å². The average Bonchev–Trinajstić information content (AvgIpc) is 2.70. The lowest BCUT2D eigenvalue weighted by Crippen LogP contribution is -1.79.